The third-order valence-electron chi connectivity index (χ3n) is 3.47. The zero-order valence-corrected chi connectivity index (χ0v) is 11.2. The van der Waals surface area contributed by atoms with Crippen molar-refractivity contribution in [2.45, 2.75) is 25.8 Å². The summed E-state index contributed by atoms with van der Waals surface area (Å²) in [6.45, 7) is 0.472. The first-order chi connectivity index (χ1) is 9.81. The first-order valence-electron chi connectivity index (χ1n) is 6.80. The number of H-pyrrole nitrogens is 1. The summed E-state index contributed by atoms with van der Waals surface area (Å²) in [7, 11) is 0. The fraction of sp³-hybridized carbons (Fsp3) is 0.333. The molecular weight excluding hydrogens is 254 g/mol. The van der Waals surface area contributed by atoms with Crippen LogP contribution >= 0.6 is 0 Å². The minimum atomic E-state index is -0.139. The van der Waals surface area contributed by atoms with E-state index in [0.717, 1.165) is 24.3 Å². The molecule has 0 radical (unpaired) electrons. The molecule has 0 atom stereocenters. The predicted molar refractivity (Wildman–Crippen MR) is 74.4 cm³/mol. The van der Waals surface area contributed by atoms with Gasteiger partial charge in [-0.1, -0.05) is 6.07 Å². The Morgan fingerprint density at radius 2 is 2.25 bits per heavy atom. The molecule has 5 nitrogen and oxygen atoms in total. The number of nitrogens with one attached hydrogen (secondary N) is 2. The Morgan fingerprint density at radius 3 is 3.10 bits per heavy atom. The average molecular weight is 271 g/mol. The van der Waals surface area contributed by atoms with E-state index >= 15 is 0 Å². The van der Waals surface area contributed by atoms with Crippen molar-refractivity contribution in [3.05, 3.63) is 47.5 Å². The molecule has 1 aliphatic rings. The normalized spacial score (nSPS) is 13.0. The minimum Gasteiger partial charge on any atom is -0.484 e. The van der Waals surface area contributed by atoms with Crippen LogP contribution in [0, 0.1) is 0 Å². The second-order valence-corrected chi connectivity index (χ2v) is 4.93. The average Bonchev–Trinajstić information content (AvgIpc) is 3.13. The Bertz CT molecular complexity index is 593. The number of fused-ring (bicyclic) bond motifs is 1. The third kappa shape index (κ3) is 2.99. The molecule has 0 aliphatic heterocycles. The number of nitrogens with zero attached hydrogens (tertiary/aromatic N) is 1. The van der Waals surface area contributed by atoms with Crippen LogP contribution in [0.1, 0.15) is 23.2 Å². The lowest BCUT2D eigenvalue weighted by atomic mass is 10.1. The minimum absolute atomic E-state index is 0.0346. The maximum Gasteiger partial charge on any atom is 0.258 e. The Balaban J connectivity index is 1.48. The maximum atomic E-state index is 11.7. The molecule has 1 amide bonds. The standard InChI is InChI=1S/C15H17N3O2/c19-15(17-8-13-7-16-10-18-13)9-20-14-5-4-11-2-1-3-12(11)6-14/h4-7,10H,1-3,8-9H2,(H,16,18)(H,17,19). The van der Waals surface area contributed by atoms with Gasteiger partial charge >= 0.3 is 0 Å². The summed E-state index contributed by atoms with van der Waals surface area (Å²) < 4.78 is 5.53. The fourth-order valence-corrected chi connectivity index (χ4v) is 2.41. The summed E-state index contributed by atoms with van der Waals surface area (Å²) in [5.41, 5.74) is 3.62. The lowest BCUT2D eigenvalue weighted by Crippen LogP contribution is -2.28. The van der Waals surface area contributed by atoms with Gasteiger partial charge in [-0.3, -0.25) is 4.79 Å². The monoisotopic (exact) mass is 271 g/mol. The van der Waals surface area contributed by atoms with E-state index in [1.165, 1.54) is 17.5 Å². The lowest BCUT2D eigenvalue weighted by Gasteiger charge is -2.08. The van der Waals surface area contributed by atoms with E-state index in [1.54, 1.807) is 12.5 Å². The van der Waals surface area contributed by atoms with Gasteiger partial charge in [-0.05, 0) is 42.5 Å². The van der Waals surface area contributed by atoms with Gasteiger partial charge in [0.25, 0.3) is 5.91 Å². The molecule has 2 N–H and O–H groups in total. The van der Waals surface area contributed by atoms with E-state index in [0.29, 0.717) is 6.54 Å². The van der Waals surface area contributed by atoms with Gasteiger partial charge in [0, 0.05) is 6.20 Å². The van der Waals surface area contributed by atoms with Gasteiger partial charge < -0.3 is 15.0 Å². The van der Waals surface area contributed by atoms with E-state index in [1.807, 2.05) is 12.1 Å². The highest BCUT2D eigenvalue weighted by Gasteiger charge is 2.11. The molecule has 5 heteroatoms. The van der Waals surface area contributed by atoms with E-state index in [-0.39, 0.29) is 12.5 Å². The molecule has 104 valence electrons. The van der Waals surface area contributed by atoms with Gasteiger partial charge in [0.05, 0.1) is 18.6 Å². The highest BCUT2D eigenvalue weighted by atomic mass is 16.5. The predicted octanol–water partition coefficient (Wildman–Crippen LogP) is 1.59. The first kappa shape index (κ1) is 12.7. The van der Waals surface area contributed by atoms with Crippen LogP contribution < -0.4 is 10.1 Å². The number of aromatic nitrogens is 2. The van der Waals surface area contributed by atoms with Crippen molar-refractivity contribution in [1.82, 2.24) is 15.3 Å². The van der Waals surface area contributed by atoms with Crippen molar-refractivity contribution >= 4 is 5.91 Å². The largest absolute Gasteiger partial charge is 0.484 e. The number of rotatable bonds is 5. The number of hydrogen-bond donors (Lipinski definition) is 2. The number of hydrogen-bond acceptors (Lipinski definition) is 3. The summed E-state index contributed by atoms with van der Waals surface area (Å²) in [6.07, 6.45) is 6.74. The maximum absolute atomic E-state index is 11.7. The highest BCUT2D eigenvalue weighted by Crippen LogP contribution is 2.25. The molecule has 0 unspecified atom stereocenters. The molecule has 0 fully saturated rings. The van der Waals surface area contributed by atoms with E-state index in [9.17, 15) is 4.79 Å². The molecule has 3 rings (SSSR count). The van der Waals surface area contributed by atoms with Crippen LogP contribution in [0.25, 0.3) is 0 Å². The van der Waals surface area contributed by atoms with Crippen LogP contribution in [0.3, 0.4) is 0 Å². The number of ether oxygens (including phenoxy) is 1. The summed E-state index contributed by atoms with van der Waals surface area (Å²) in [5, 5.41) is 2.77. The second-order valence-electron chi connectivity index (χ2n) is 4.93. The van der Waals surface area contributed by atoms with Crippen molar-refractivity contribution in [3.8, 4) is 5.75 Å². The Morgan fingerprint density at radius 1 is 1.35 bits per heavy atom. The molecule has 1 aromatic carbocycles. The molecule has 1 aromatic heterocycles. The Kier molecular flexibility index (Phi) is 3.67. The SMILES string of the molecule is O=C(COc1ccc2c(c1)CCC2)NCc1cnc[nH]1. The van der Waals surface area contributed by atoms with Crippen LogP contribution in [-0.4, -0.2) is 22.5 Å². The Hall–Kier alpha value is -2.30. The number of aromatic amines is 1. The Labute approximate surface area is 117 Å². The quantitative estimate of drug-likeness (QED) is 0.868. The number of carbonyl (C=O) groups excluding carboxylic acids is 1. The van der Waals surface area contributed by atoms with Crippen molar-refractivity contribution < 1.29 is 9.53 Å². The van der Waals surface area contributed by atoms with E-state index in [4.69, 9.17) is 4.74 Å². The molecule has 20 heavy (non-hydrogen) atoms. The zero-order valence-electron chi connectivity index (χ0n) is 11.2. The molecule has 0 saturated heterocycles. The summed E-state index contributed by atoms with van der Waals surface area (Å²) in [6, 6.07) is 6.08. The van der Waals surface area contributed by atoms with E-state index < -0.39 is 0 Å². The number of imidazole rings is 1. The summed E-state index contributed by atoms with van der Waals surface area (Å²) in [4.78, 5) is 18.5. The summed E-state index contributed by atoms with van der Waals surface area (Å²) in [5.74, 6) is 0.627. The number of carbonyl (C=O) groups is 1. The number of amides is 1. The molecule has 1 aliphatic carbocycles. The second kappa shape index (κ2) is 5.77. The molecule has 0 bridgehead atoms. The van der Waals surface area contributed by atoms with Gasteiger partial charge in [0.15, 0.2) is 6.61 Å². The van der Waals surface area contributed by atoms with Gasteiger partial charge in [-0.25, -0.2) is 4.98 Å². The molecular formula is C15H17N3O2. The van der Waals surface area contributed by atoms with Gasteiger partial charge in [-0.2, -0.15) is 0 Å². The van der Waals surface area contributed by atoms with Crippen LogP contribution in [0.4, 0.5) is 0 Å². The van der Waals surface area contributed by atoms with Crippen molar-refractivity contribution in [1.29, 1.82) is 0 Å². The summed E-state index contributed by atoms with van der Waals surface area (Å²) >= 11 is 0. The lowest BCUT2D eigenvalue weighted by molar-refractivity contribution is -0.123. The molecule has 2 aromatic rings. The number of benzene rings is 1. The van der Waals surface area contributed by atoms with Crippen molar-refractivity contribution in [3.63, 3.8) is 0 Å². The zero-order chi connectivity index (χ0) is 13.8. The third-order valence-corrected chi connectivity index (χ3v) is 3.47. The van der Waals surface area contributed by atoms with Gasteiger partial charge in [0.1, 0.15) is 5.75 Å². The molecule has 1 heterocycles. The van der Waals surface area contributed by atoms with Gasteiger partial charge in [0.2, 0.25) is 0 Å². The molecule has 0 saturated carbocycles. The highest BCUT2D eigenvalue weighted by molar-refractivity contribution is 5.77. The number of aryl methyl sites for hydroxylation is 2. The topological polar surface area (TPSA) is 67.0 Å². The smallest absolute Gasteiger partial charge is 0.258 e. The fourth-order valence-electron chi connectivity index (χ4n) is 2.41. The van der Waals surface area contributed by atoms with E-state index in [2.05, 4.69) is 21.4 Å². The van der Waals surface area contributed by atoms with Crippen molar-refractivity contribution in [2.75, 3.05) is 6.61 Å². The van der Waals surface area contributed by atoms with Crippen LogP contribution in [0.2, 0.25) is 0 Å². The van der Waals surface area contributed by atoms with Gasteiger partial charge in [-0.15, -0.1) is 0 Å². The van der Waals surface area contributed by atoms with Crippen LogP contribution in [-0.2, 0) is 24.2 Å². The molecule has 0 spiro atoms. The van der Waals surface area contributed by atoms with Crippen LogP contribution in [0.5, 0.6) is 5.75 Å². The van der Waals surface area contributed by atoms with Crippen LogP contribution in [0.15, 0.2) is 30.7 Å². The first-order valence-corrected chi connectivity index (χ1v) is 6.80. The van der Waals surface area contributed by atoms with Crippen molar-refractivity contribution in [2.24, 2.45) is 0 Å².